The predicted octanol–water partition coefficient (Wildman–Crippen LogP) is 1.97. The standard InChI is InChI=1S/C15H22ClN5O3/c1-9-7-20(14(23)24-15(2,3)4)5-6-21(9)12-10(8-22)11(16)18-13(17)19-12/h8-9H,5-7H2,1-4H3,(H2,17,18,19). The van der Waals surface area contributed by atoms with Crippen molar-refractivity contribution in [3.05, 3.63) is 10.7 Å². The number of carbonyl (C=O) groups is 2. The van der Waals surface area contributed by atoms with E-state index in [4.69, 9.17) is 22.1 Å². The van der Waals surface area contributed by atoms with Crippen LogP contribution < -0.4 is 10.6 Å². The number of piperazine rings is 1. The van der Waals surface area contributed by atoms with Crippen LogP contribution in [0.1, 0.15) is 38.1 Å². The Hall–Kier alpha value is -2.09. The summed E-state index contributed by atoms with van der Waals surface area (Å²) in [5, 5.41) is 0.0225. The summed E-state index contributed by atoms with van der Waals surface area (Å²) in [6, 6.07) is -0.0877. The van der Waals surface area contributed by atoms with Crippen molar-refractivity contribution in [2.24, 2.45) is 0 Å². The summed E-state index contributed by atoms with van der Waals surface area (Å²) in [4.78, 5) is 35.0. The normalized spacial score (nSPS) is 18.5. The molecule has 1 saturated heterocycles. The molecular weight excluding hydrogens is 334 g/mol. The van der Waals surface area contributed by atoms with Crippen molar-refractivity contribution >= 4 is 35.7 Å². The van der Waals surface area contributed by atoms with E-state index in [0.29, 0.717) is 31.7 Å². The van der Waals surface area contributed by atoms with Crippen molar-refractivity contribution in [1.29, 1.82) is 0 Å². The molecule has 0 bridgehead atoms. The van der Waals surface area contributed by atoms with Gasteiger partial charge in [-0.25, -0.2) is 9.78 Å². The Kier molecular flexibility index (Phi) is 5.17. The maximum atomic E-state index is 12.2. The largest absolute Gasteiger partial charge is 0.444 e. The molecule has 1 fully saturated rings. The van der Waals surface area contributed by atoms with Crippen LogP contribution in [0.25, 0.3) is 0 Å². The van der Waals surface area contributed by atoms with Gasteiger partial charge in [-0.1, -0.05) is 11.6 Å². The van der Waals surface area contributed by atoms with Crippen LogP contribution in [-0.4, -0.2) is 58.5 Å². The summed E-state index contributed by atoms with van der Waals surface area (Å²) < 4.78 is 5.40. The third kappa shape index (κ3) is 4.05. The van der Waals surface area contributed by atoms with Crippen molar-refractivity contribution in [2.75, 3.05) is 30.3 Å². The Bertz CT molecular complexity index is 647. The fraction of sp³-hybridized carbons (Fsp3) is 0.600. The maximum Gasteiger partial charge on any atom is 0.410 e. The average Bonchev–Trinajstić information content (AvgIpc) is 2.44. The second kappa shape index (κ2) is 6.80. The SMILES string of the molecule is CC1CN(C(=O)OC(C)(C)C)CCN1c1nc(N)nc(Cl)c1C=O. The molecule has 1 aromatic rings. The zero-order valence-electron chi connectivity index (χ0n) is 14.2. The molecule has 0 aromatic carbocycles. The highest BCUT2D eigenvalue weighted by molar-refractivity contribution is 6.32. The molecule has 9 heteroatoms. The lowest BCUT2D eigenvalue weighted by Crippen LogP contribution is -2.55. The highest BCUT2D eigenvalue weighted by Gasteiger charge is 2.32. The molecule has 1 unspecified atom stereocenters. The summed E-state index contributed by atoms with van der Waals surface area (Å²) in [7, 11) is 0. The Balaban J connectivity index is 2.18. The lowest BCUT2D eigenvalue weighted by molar-refractivity contribution is 0.0218. The predicted molar refractivity (Wildman–Crippen MR) is 91.5 cm³/mol. The number of aldehydes is 1. The fourth-order valence-corrected chi connectivity index (χ4v) is 2.75. The van der Waals surface area contributed by atoms with Crippen molar-refractivity contribution < 1.29 is 14.3 Å². The van der Waals surface area contributed by atoms with Crippen molar-refractivity contribution in [1.82, 2.24) is 14.9 Å². The van der Waals surface area contributed by atoms with Gasteiger partial charge in [-0.3, -0.25) is 4.79 Å². The van der Waals surface area contributed by atoms with Gasteiger partial charge in [0.15, 0.2) is 6.29 Å². The van der Waals surface area contributed by atoms with Gasteiger partial charge >= 0.3 is 6.09 Å². The Labute approximate surface area is 145 Å². The number of halogens is 1. The van der Waals surface area contributed by atoms with E-state index in [1.54, 1.807) is 4.90 Å². The van der Waals surface area contributed by atoms with E-state index in [0.717, 1.165) is 0 Å². The van der Waals surface area contributed by atoms with E-state index in [9.17, 15) is 9.59 Å². The molecule has 2 rings (SSSR count). The summed E-state index contributed by atoms with van der Waals surface area (Å²) in [6.07, 6.45) is 0.259. The van der Waals surface area contributed by atoms with Gasteiger partial charge in [0.25, 0.3) is 0 Å². The zero-order valence-corrected chi connectivity index (χ0v) is 15.0. The Morgan fingerprint density at radius 2 is 2.04 bits per heavy atom. The molecule has 0 saturated carbocycles. The molecule has 2 heterocycles. The quantitative estimate of drug-likeness (QED) is 0.639. The number of nitrogen functional groups attached to an aromatic ring is 1. The van der Waals surface area contributed by atoms with Crippen molar-refractivity contribution in [3.8, 4) is 0 Å². The van der Waals surface area contributed by atoms with E-state index in [1.807, 2.05) is 32.6 Å². The first-order valence-electron chi connectivity index (χ1n) is 7.65. The fourth-order valence-electron chi connectivity index (χ4n) is 2.53. The first kappa shape index (κ1) is 18.3. The van der Waals surface area contributed by atoms with Crippen molar-refractivity contribution in [3.63, 3.8) is 0 Å². The van der Waals surface area contributed by atoms with E-state index in [1.165, 1.54) is 0 Å². The minimum atomic E-state index is -0.545. The van der Waals surface area contributed by atoms with E-state index >= 15 is 0 Å². The van der Waals surface area contributed by atoms with Crippen molar-refractivity contribution in [2.45, 2.75) is 39.3 Å². The van der Waals surface area contributed by atoms with Gasteiger partial charge in [0, 0.05) is 25.7 Å². The van der Waals surface area contributed by atoms with Crippen LogP contribution in [0.2, 0.25) is 5.15 Å². The third-order valence-corrected chi connectivity index (χ3v) is 3.85. The van der Waals surface area contributed by atoms with Crippen LogP contribution >= 0.6 is 11.6 Å². The minimum Gasteiger partial charge on any atom is -0.444 e. The summed E-state index contributed by atoms with van der Waals surface area (Å²) in [5.74, 6) is 0.390. The zero-order chi connectivity index (χ0) is 18.1. The molecule has 0 spiro atoms. The van der Waals surface area contributed by atoms with E-state index < -0.39 is 5.60 Å². The van der Waals surface area contributed by atoms with Crippen LogP contribution in [0, 0.1) is 0 Å². The second-order valence-electron chi connectivity index (χ2n) is 6.70. The molecule has 24 heavy (non-hydrogen) atoms. The van der Waals surface area contributed by atoms with Gasteiger partial charge in [0.05, 0.1) is 5.56 Å². The molecule has 132 valence electrons. The van der Waals surface area contributed by atoms with Gasteiger partial charge in [-0.05, 0) is 27.7 Å². The Morgan fingerprint density at radius 1 is 1.38 bits per heavy atom. The highest BCUT2D eigenvalue weighted by Crippen LogP contribution is 2.27. The van der Waals surface area contributed by atoms with Crippen LogP contribution in [0.3, 0.4) is 0 Å². The number of anilines is 2. The van der Waals surface area contributed by atoms with E-state index in [-0.39, 0.29) is 28.8 Å². The minimum absolute atomic E-state index is 0.00220. The van der Waals surface area contributed by atoms with E-state index in [2.05, 4.69) is 9.97 Å². The van der Waals surface area contributed by atoms with Gasteiger partial charge in [0.2, 0.25) is 5.95 Å². The Morgan fingerprint density at radius 3 is 2.58 bits per heavy atom. The molecule has 1 atom stereocenters. The van der Waals surface area contributed by atoms with Crippen LogP contribution in [-0.2, 0) is 4.74 Å². The first-order chi connectivity index (χ1) is 11.1. The number of aromatic nitrogens is 2. The molecule has 0 radical (unpaired) electrons. The number of hydrogen-bond donors (Lipinski definition) is 1. The van der Waals surface area contributed by atoms with Crippen LogP contribution in [0.15, 0.2) is 0 Å². The van der Waals surface area contributed by atoms with Crippen LogP contribution in [0.4, 0.5) is 16.6 Å². The number of carbonyl (C=O) groups excluding carboxylic acids is 2. The highest BCUT2D eigenvalue weighted by atomic mass is 35.5. The number of nitrogens with zero attached hydrogens (tertiary/aromatic N) is 4. The smallest absolute Gasteiger partial charge is 0.410 e. The first-order valence-corrected chi connectivity index (χ1v) is 8.03. The number of nitrogens with two attached hydrogens (primary N) is 1. The molecular formula is C15H22ClN5O3. The summed E-state index contributed by atoms with van der Waals surface area (Å²) >= 11 is 5.98. The molecule has 1 aliphatic heterocycles. The number of rotatable bonds is 2. The molecule has 1 aromatic heterocycles. The molecule has 1 aliphatic rings. The summed E-state index contributed by atoms with van der Waals surface area (Å²) in [5.41, 5.74) is 5.30. The molecule has 0 aliphatic carbocycles. The topological polar surface area (TPSA) is 102 Å². The lowest BCUT2D eigenvalue weighted by atomic mass is 10.1. The van der Waals surface area contributed by atoms with Gasteiger partial charge in [0.1, 0.15) is 16.6 Å². The third-order valence-electron chi connectivity index (χ3n) is 3.57. The number of ether oxygens (including phenoxy) is 1. The second-order valence-corrected chi connectivity index (χ2v) is 7.05. The molecule has 8 nitrogen and oxygen atoms in total. The molecule has 1 amide bonds. The number of hydrogen-bond acceptors (Lipinski definition) is 7. The maximum absolute atomic E-state index is 12.2. The average molecular weight is 356 g/mol. The van der Waals surface area contributed by atoms with Gasteiger partial charge in [-0.2, -0.15) is 4.98 Å². The number of amides is 1. The van der Waals surface area contributed by atoms with Crippen LogP contribution in [0.5, 0.6) is 0 Å². The molecule has 2 N–H and O–H groups in total. The van der Waals surface area contributed by atoms with Gasteiger partial charge in [-0.15, -0.1) is 0 Å². The lowest BCUT2D eigenvalue weighted by Gasteiger charge is -2.41. The summed E-state index contributed by atoms with van der Waals surface area (Å²) in [6.45, 7) is 8.77. The monoisotopic (exact) mass is 355 g/mol. The van der Waals surface area contributed by atoms with Gasteiger partial charge < -0.3 is 20.3 Å².